The highest BCUT2D eigenvalue weighted by atomic mass is 15.1. The van der Waals surface area contributed by atoms with Crippen LogP contribution in [-0.4, -0.2) is 18.1 Å². The lowest BCUT2D eigenvalue weighted by Crippen LogP contribution is -2.21. The lowest BCUT2D eigenvalue weighted by molar-refractivity contribution is 0.889. The van der Waals surface area contributed by atoms with E-state index in [-0.39, 0.29) is 0 Å². The van der Waals surface area contributed by atoms with Crippen molar-refractivity contribution in [3.05, 3.63) is 99.8 Å². The Morgan fingerprint density at radius 2 is 1.63 bits per heavy atom. The third kappa shape index (κ3) is 4.62. The van der Waals surface area contributed by atoms with Gasteiger partial charge in [0.15, 0.2) is 0 Å². The molecule has 0 spiro atoms. The molecule has 2 aliphatic rings. The Balaban J connectivity index is 1.88. The molecule has 38 heavy (non-hydrogen) atoms. The first-order valence-corrected chi connectivity index (χ1v) is 14.4. The number of rotatable bonds is 8. The minimum atomic E-state index is 0.975. The number of allylic oxidation sites excluding steroid dienone is 6. The number of aromatic amines is 1. The fourth-order valence-electron chi connectivity index (χ4n) is 6.49. The largest absolute Gasteiger partial charge is 0.371 e. The summed E-state index contributed by atoms with van der Waals surface area (Å²) in [5.74, 6) is 0. The fourth-order valence-corrected chi connectivity index (χ4v) is 6.49. The maximum Gasteiger partial charge on any atom is 0.0487 e. The number of hydrogen-bond donors (Lipinski definition) is 1. The second kappa shape index (κ2) is 11.5. The van der Waals surface area contributed by atoms with Crippen LogP contribution >= 0.6 is 0 Å². The van der Waals surface area contributed by atoms with Gasteiger partial charge in [0.05, 0.1) is 0 Å². The molecule has 1 aliphatic carbocycles. The van der Waals surface area contributed by atoms with Crippen LogP contribution < -0.4 is 4.90 Å². The number of anilines is 1. The van der Waals surface area contributed by atoms with Gasteiger partial charge >= 0.3 is 0 Å². The number of hydrogen-bond acceptors (Lipinski definition) is 1. The van der Waals surface area contributed by atoms with Crippen molar-refractivity contribution in [3.63, 3.8) is 0 Å². The lowest BCUT2D eigenvalue weighted by Gasteiger charge is -2.28. The number of H-pyrrole nitrogens is 1. The van der Waals surface area contributed by atoms with Gasteiger partial charge in [0, 0.05) is 41.8 Å². The van der Waals surface area contributed by atoms with E-state index in [0.29, 0.717) is 0 Å². The van der Waals surface area contributed by atoms with Gasteiger partial charge < -0.3 is 9.88 Å². The van der Waals surface area contributed by atoms with E-state index in [4.69, 9.17) is 0 Å². The molecule has 0 amide bonds. The fraction of sp³-hybridized carbons (Fsp3) is 0.333. The molecule has 0 atom stereocenters. The summed E-state index contributed by atoms with van der Waals surface area (Å²) in [6.07, 6.45) is 25.4. The maximum absolute atomic E-state index is 3.54. The van der Waals surface area contributed by atoms with Crippen LogP contribution in [0, 0.1) is 13.8 Å². The number of fused-ring (bicyclic) bond motifs is 3. The second-order valence-electron chi connectivity index (χ2n) is 10.7. The first-order chi connectivity index (χ1) is 18.6. The molecule has 3 aromatic rings. The van der Waals surface area contributed by atoms with Crippen LogP contribution in [0.4, 0.5) is 5.69 Å². The topological polar surface area (TPSA) is 19.0 Å². The van der Waals surface area contributed by atoms with Gasteiger partial charge in [-0.3, -0.25) is 0 Å². The van der Waals surface area contributed by atoms with E-state index in [2.05, 4.69) is 118 Å². The summed E-state index contributed by atoms with van der Waals surface area (Å²) in [5, 5.41) is 0. The van der Waals surface area contributed by atoms with Gasteiger partial charge in [-0.25, -0.2) is 0 Å². The van der Waals surface area contributed by atoms with E-state index in [1.807, 2.05) is 0 Å². The molecule has 5 rings (SSSR count). The van der Waals surface area contributed by atoms with Crippen molar-refractivity contribution in [3.8, 4) is 22.4 Å². The van der Waals surface area contributed by atoms with Crippen molar-refractivity contribution in [1.29, 1.82) is 0 Å². The minimum Gasteiger partial charge on any atom is -0.371 e. The third-order valence-corrected chi connectivity index (χ3v) is 8.29. The average molecular weight is 503 g/mol. The van der Waals surface area contributed by atoms with Crippen LogP contribution in [0.2, 0.25) is 0 Å². The SMILES string of the molecule is CC=CC=Cc1cc2c(c(N3CCCC3)c1CCC)-c1c(C=CC=CC)c(C)c(C)c(-c3ccc[nH]3)c1C2. The summed E-state index contributed by atoms with van der Waals surface area (Å²) in [6.45, 7) is 13.4. The molecule has 1 N–H and O–H groups in total. The maximum atomic E-state index is 3.54. The molecule has 2 heterocycles. The number of benzene rings is 2. The highest BCUT2D eigenvalue weighted by molar-refractivity contribution is 5.99. The van der Waals surface area contributed by atoms with Gasteiger partial charge in [-0.15, -0.1) is 0 Å². The summed E-state index contributed by atoms with van der Waals surface area (Å²) in [6, 6.07) is 6.86. The van der Waals surface area contributed by atoms with Crippen molar-refractivity contribution in [2.24, 2.45) is 0 Å². The molecule has 0 unspecified atom stereocenters. The standard InChI is InChI=1S/C36H42N2/c1-6-9-11-17-27-23-28-24-31-33(32-19-15-20-37-32)26(5)25(4)29(18-12-10-7-2)35(31)34(28)36(30(27)16-8-3)38-21-13-14-22-38/h6-7,9-12,15,17-20,23,37H,8,13-14,16,21-22,24H2,1-5H3. The predicted octanol–water partition coefficient (Wildman–Crippen LogP) is 9.60. The van der Waals surface area contributed by atoms with Gasteiger partial charge in [0.25, 0.3) is 0 Å². The minimum absolute atomic E-state index is 0.975. The first kappa shape index (κ1) is 26.1. The second-order valence-corrected chi connectivity index (χ2v) is 10.7. The molecule has 196 valence electrons. The van der Waals surface area contributed by atoms with Crippen molar-refractivity contribution < 1.29 is 0 Å². The van der Waals surface area contributed by atoms with E-state index < -0.39 is 0 Å². The zero-order chi connectivity index (χ0) is 26.6. The quantitative estimate of drug-likeness (QED) is 0.238. The van der Waals surface area contributed by atoms with Crippen molar-refractivity contribution in [2.45, 2.75) is 66.7 Å². The van der Waals surface area contributed by atoms with Crippen molar-refractivity contribution in [1.82, 2.24) is 4.98 Å². The average Bonchev–Trinajstić information content (AvgIpc) is 3.69. The van der Waals surface area contributed by atoms with Crippen molar-refractivity contribution >= 4 is 17.8 Å². The lowest BCUT2D eigenvalue weighted by atomic mass is 9.84. The molecular weight excluding hydrogens is 460 g/mol. The summed E-state index contributed by atoms with van der Waals surface area (Å²) in [7, 11) is 0. The van der Waals surface area contributed by atoms with E-state index in [0.717, 1.165) is 32.4 Å². The Bertz CT molecular complexity index is 1420. The molecule has 0 radical (unpaired) electrons. The summed E-state index contributed by atoms with van der Waals surface area (Å²) in [4.78, 5) is 6.24. The normalized spacial score (nSPS) is 15.2. The van der Waals surface area contributed by atoms with Crippen LogP contribution in [0.5, 0.6) is 0 Å². The monoisotopic (exact) mass is 502 g/mol. The molecule has 1 fully saturated rings. The van der Waals surface area contributed by atoms with E-state index >= 15 is 0 Å². The molecule has 2 aromatic carbocycles. The predicted molar refractivity (Wildman–Crippen MR) is 167 cm³/mol. The van der Waals surface area contributed by atoms with Gasteiger partial charge in [0.2, 0.25) is 0 Å². The summed E-state index contributed by atoms with van der Waals surface area (Å²) < 4.78 is 0. The van der Waals surface area contributed by atoms with Crippen LogP contribution in [0.15, 0.2) is 60.9 Å². The van der Waals surface area contributed by atoms with Crippen LogP contribution in [0.1, 0.15) is 79.0 Å². The highest BCUT2D eigenvalue weighted by Crippen LogP contribution is 2.53. The van der Waals surface area contributed by atoms with E-state index in [9.17, 15) is 0 Å². The molecule has 1 saturated heterocycles. The van der Waals surface area contributed by atoms with Gasteiger partial charge in [-0.1, -0.05) is 68.0 Å². The Kier molecular flexibility index (Phi) is 7.88. The molecule has 2 heteroatoms. The van der Waals surface area contributed by atoms with Crippen LogP contribution in [0.25, 0.3) is 34.5 Å². The Labute approximate surface area is 229 Å². The van der Waals surface area contributed by atoms with E-state index in [1.54, 1.807) is 0 Å². The van der Waals surface area contributed by atoms with Crippen molar-refractivity contribution in [2.75, 3.05) is 18.0 Å². The zero-order valence-electron chi connectivity index (χ0n) is 23.8. The molecule has 2 nitrogen and oxygen atoms in total. The van der Waals surface area contributed by atoms with Crippen LogP contribution in [-0.2, 0) is 12.8 Å². The Hall–Kier alpha value is -3.52. The summed E-state index contributed by atoms with van der Waals surface area (Å²) >= 11 is 0. The Morgan fingerprint density at radius 1 is 0.895 bits per heavy atom. The molecule has 1 aliphatic heterocycles. The molecule has 0 saturated carbocycles. The van der Waals surface area contributed by atoms with Gasteiger partial charge in [-0.05, 0) is 110 Å². The zero-order valence-corrected chi connectivity index (χ0v) is 23.8. The number of aromatic nitrogens is 1. The highest BCUT2D eigenvalue weighted by Gasteiger charge is 2.33. The third-order valence-electron chi connectivity index (χ3n) is 8.29. The van der Waals surface area contributed by atoms with Crippen LogP contribution in [0.3, 0.4) is 0 Å². The first-order valence-electron chi connectivity index (χ1n) is 14.4. The number of nitrogens with one attached hydrogen (secondary N) is 1. The van der Waals surface area contributed by atoms with Gasteiger partial charge in [0.1, 0.15) is 0 Å². The number of nitrogens with zero attached hydrogens (tertiary/aromatic N) is 1. The van der Waals surface area contributed by atoms with Gasteiger partial charge in [-0.2, -0.15) is 0 Å². The smallest absolute Gasteiger partial charge is 0.0487 e. The summed E-state index contributed by atoms with van der Waals surface area (Å²) in [5.41, 5.74) is 17.0. The molecule has 1 aromatic heterocycles. The molecular formula is C36H42N2. The van der Waals surface area contributed by atoms with E-state index in [1.165, 1.54) is 79.9 Å². The Morgan fingerprint density at radius 3 is 2.29 bits per heavy atom. The molecule has 0 bridgehead atoms.